The van der Waals surface area contributed by atoms with Crippen LogP contribution in [0.1, 0.15) is 39.3 Å². The van der Waals surface area contributed by atoms with E-state index in [2.05, 4.69) is 15.6 Å². The molecular formula is C25H29Cl2FN4O5. The number of piperidine rings is 1. The summed E-state index contributed by atoms with van der Waals surface area (Å²) in [6.07, 6.45) is 1.56. The first-order chi connectivity index (χ1) is 17.4. The molecule has 2 unspecified atom stereocenters. The first-order valence-electron chi connectivity index (χ1n) is 11.7. The van der Waals surface area contributed by atoms with Crippen LogP contribution in [0.25, 0.3) is 0 Å². The fraction of sp³-hybridized carbons (Fsp3) is 0.440. The highest BCUT2D eigenvalue weighted by molar-refractivity contribution is 6.30. The lowest BCUT2D eigenvalue weighted by Crippen LogP contribution is -2.59. The number of benzene rings is 1. The van der Waals surface area contributed by atoms with E-state index in [9.17, 15) is 18.8 Å². The third-order valence-electron chi connectivity index (χ3n) is 5.37. The predicted molar refractivity (Wildman–Crippen MR) is 136 cm³/mol. The molecule has 9 nitrogen and oxygen atoms in total. The maximum atomic E-state index is 13.6. The second kappa shape index (κ2) is 12.4. The number of ether oxygens (including phenoxy) is 2. The van der Waals surface area contributed by atoms with Gasteiger partial charge in [-0.1, -0.05) is 23.2 Å². The quantitative estimate of drug-likeness (QED) is 0.533. The number of hydrogen-bond acceptors (Lipinski definition) is 6. The first-order valence-corrected chi connectivity index (χ1v) is 12.4. The maximum Gasteiger partial charge on any atom is 0.411 e. The Kier molecular flexibility index (Phi) is 9.56. The van der Waals surface area contributed by atoms with Gasteiger partial charge in [0.15, 0.2) is 6.61 Å². The summed E-state index contributed by atoms with van der Waals surface area (Å²) in [4.78, 5) is 43.9. The Balaban J connectivity index is 1.61. The van der Waals surface area contributed by atoms with E-state index in [0.717, 1.165) is 6.07 Å². The number of nitrogens with zero attached hydrogens (tertiary/aromatic N) is 2. The van der Waals surface area contributed by atoms with E-state index < -0.39 is 35.5 Å². The summed E-state index contributed by atoms with van der Waals surface area (Å²) in [6.45, 7) is 5.05. The number of aromatic nitrogens is 1. The van der Waals surface area contributed by atoms with Gasteiger partial charge in [-0.05, 0) is 57.9 Å². The van der Waals surface area contributed by atoms with Gasteiger partial charge in [0.1, 0.15) is 23.2 Å². The largest absolute Gasteiger partial charge is 0.484 e. The second-order valence-electron chi connectivity index (χ2n) is 9.54. The van der Waals surface area contributed by atoms with Crippen LogP contribution in [-0.2, 0) is 20.9 Å². The van der Waals surface area contributed by atoms with Crippen molar-refractivity contribution in [2.75, 3.05) is 13.2 Å². The van der Waals surface area contributed by atoms with Gasteiger partial charge in [-0.25, -0.2) is 9.18 Å². The van der Waals surface area contributed by atoms with Crippen LogP contribution in [-0.4, -0.2) is 58.6 Å². The van der Waals surface area contributed by atoms with E-state index in [1.54, 1.807) is 32.9 Å². The SMILES string of the molecule is CC(C)(C)OC(=O)N1CC(NC(=O)COc2ccc(Cl)c(F)c2)CCC1C(=O)NCc1ccc(Cl)cn1. The Morgan fingerprint density at radius 2 is 1.92 bits per heavy atom. The van der Waals surface area contributed by atoms with Crippen molar-refractivity contribution in [3.8, 4) is 5.75 Å². The van der Waals surface area contributed by atoms with Gasteiger partial charge in [-0.2, -0.15) is 0 Å². The summed E-state index contributed by atoms with van der Waals surface area (Å²) in [5.74, 6) is -1.32. The van der Waals surface area contributed by atoms with E-state index in [1.165, 1.54) is 23.2 Å². The Labute approximate surface area is 224 Å². The molecule has 2 N–H and O–H groups in total. The molecule has 0 saturated carbocycles. The van der Waals surface area contributed by atoms with E-state index in [0.29, 0.717) is 23.6 Å². The molecule has 1 aromatic carbocycles. The highest BCUT2D eigenvalue weighted by Crippen LogP contribution is 2.22. The lowest BCUT2D eigenvalue weighted by Gasteiger charge is -2.39. The van der Waals surface area contributed by atoms with Crippen molar-refractivity contribution in [3.05, 3.63) is 58.1 Å². The minimum absolute atomic E-state index is 0.0516. The molecule has 0 bridgehead atoms. The molecule has 0 spiro atoms. The van der Waals surface area contributed by atoms with Crippen LogP contribution in [0.2, 0.25) is 10.0 Å². The summed E-state index contributed by atoms with van der Waals surface area (Å²) < 4.78 is 24.4. The summed E-state index contributed by atoms with van der Waals surface area (Å²) in [7, 11) is 0. The van der Waals surface area contributed by atoms with Gasteiger partial charge >= 0.3 is 6.09 Å². The van der Waals surface area contributed by atoms with Crippen molar-refractivity contribution in [2.45, 2.75) is 57.8 Å². The van der Waals surface area contributed by atoms with Gasteiger partial charge < -0.3 is 20.1 Å². The maximum absolute atomic E-state index is 13.6. The van der Waals surface area contributed by atoms with Gasteiger partial charge in [0.2, 0.25) is 5.91 Å². The van der Waals surface area contributed by atoms with Crippen LogP contribution >= 0.6 is 23.2 Å². The number of rotatable bonds is 7. The second-order valence-corrected chi connectivity index (χ2v) is 10.4. The molecule has 12 heteroatoms. The molecule has 3 rings (SSSR count). The summed E-state index contributed by atoms with van der Waals surface area (Å²) in [5, 5.41) is 6.03. The fourth-order valence-electron chi connectivity index (χ4n) is 3.67. The number of pyridine rings is 1. The Bertz CT molecular complexity index is 1130. The molecule has 37 heavy (non-hydrogen) atoms. The van der Waals surface area contributed by atoms with Crippen LogP contribution in [0, 0.1) is 5.82 Å². The molecular weight excluding hydrogens is 526 g/mol. The van der Waals surface area contributed by atoms with Gasteiger partial charge in [0.05, 0.1) is 22.3 Å². The Morgan fingerprint density at radius 3 is 2.57 bits per heavy atom. The van der Waals surface area contributed by atoms with Crippen molar-refractivity contribution in [1.82, 2.24) is 20.5 Å². The number of likely N-dealkylation sites (tertiary alicyclic amines) is 1. The van der Waals surface area contributed by atoms with Crippen LogP contribution < -0.4 is 15.4 Å². The van der Waals surface area contributed by atoms with Gasteiger partial charge in [0, 0.05) is 24.8 Å². The molecule has 1 aliphatic rings. The van der Waals surface area contributed by atoms with E-state index in [4.69, 9.17) is 32.7 Å². The summed E-state index contributed by atoms with van der Waals surface area (Å²) in [6, 6.07) is 6.01. The number of hydrogen-bond donors (Lipinski definition) is 2. The molecule has 2 aromatic rings. The van der Waals surface area contributed by atoms with E-state index >= 15 is 0 Å². The summed E-state index contributed by atoms with van der Waals surface area (Å²) >= 11 is 11.5. The zero-order valence-electron chi connectivity index (χ0n) is 20.7. The molecule has 1 aromatic heterocycles. The number of carbonyl (C=O) groups is 3. The third kappa shape index (κ3) is 8.75. The van der Waals surface area contributed by atoms with Crippen LogP contribution in [0.4, 0.5) is 9.18 Å². The highest BCUT2D eigenvalue weighted by Gasteiger charge is 2.38. The molecule has 1 saturated heterocycles. The highest BCUT2D eigenvalue weighted by atomic mass is 35.5. The minimum atomic E-state index is -0.788. The third-order valence-corrected chi connectivity index (χ3v) is 5.90. The molecule has 1 aliphatic heterocycles. The van der Waals surface area contributed by atoms with Gasteiger partial charge in [-0.3, -0.25) is 19.5 Å². The number of carbonyl (C=O) groups excluding carboxylic acids is 3. The van der Waals surface area contributed by atoms with Gasteiger partial charge in [-0.15, -0.1) is 0 Å². The molecule has 1 fully saturated rings. The molecule has 0 aliphatic carbocycles. The molecule has 3 amide bonds. The minimum Gasteiger partial charge on any atom is -0.484 e. The average Bonchev–Trinajstić information content (AvgIpc) is 2.83. The van der Waals surface area contributed by atoms with Crippen molar-refractivity contribution in [1.29, 1.82) is 0 Å². The monoisotopic (exact) mass is 554 g/mol. The number of nitrogens with one attached hydrogen (secondary N) is 2. The Hall–Kier alpha value is -3.11. The molecule has 2 heterocycles. The topological polar surface area (TPSA) is 110 Å². The van der Waals surface area contributed by atoms with Crippen LogP contribution in [0.3, 0.4) is 0 Å². The molecule has 200 valence electrons. The smallest absolute Gasteiger partial charge is 0.411 e. The average molecular weight is 555 g/mol. The van der Waals surface area contributed by atoms with Crippen molar-refractivity contribution >= 4 is 41.1 Å². The normalized spacial score (nSPS) is 17.6. The van der Waals surface area contributed by atoms with Crippen molar-refractivity contribution in [2.24, 2.45) is 0 Å². The van der Waals surface area contributed by atoms with E-state index in [1.807, 2.05) is 0 Å². The lowest BCUT2D eigenvalue weighted by molar-refractivity contribution is -0.128. The zero-order valence-corrected chi connectivity index (χ0v) is 22.2. The van der Waals surface area contributed by atoms with Crippen molar-refractivity contribution < 1.29 is 28.2 Å². The molecule has 0 radical (unpaired) electrons. The number of amides is 3. The van der Waals surface area contributed by atoms with Gasteiger partial charge in [0.25, 0.3) is 5.91 Å². The first kappa shape index (κ1) is 28.5. The predicted octanol–water partition coefficient (Wildman–Crippen LogP) is 4.11. The van der Waals surface area contributed by atoms with E-state index in [-0.39, 0.29) is 36.4 Å². The standard InChI is InChI=1S/C25H29Cl2FN4O5/c1-25(2,3)37-24(35)32-13-17(31-22(33)14-36-18-7-8-19(27)20(28)10-18)6-9-21(32)23(34)30-12-16-5-4-15(26)11-29-16/h4-5,7-8,10-11,17,21H,6,9,12-14H2,1-3H3,(H,30,34)(H,31,33). The number of halogens is 3. The van der Waals surface area contributed by atoms with Crippen LogP contribution in [0.5, 0.6) is 5.75 Å². The summed E-state index contributed by atoms with van der Waals surface area (Å²) in [5.41, 5.74) is -0.161. The van der Waals surface area contributed by atoms with Crippen molar-refractivity contribution in [3.63, 3.8) is 0 Å². The van der Waals surface area contributed by atoms with Crippen LogP contribution in [0.15, 0.2) is 36.5 Å². The zero-order chi connectivity index (χ0) is 27.2. The fourth-order valence-corrected chi connectivity index (χ4v) is 3.90. The molecule has 2 atom stereocenters. The Morgan fingerprint density at radius 1 is 1.16 bits per heavy atom. The lowest BCUT2D eigenvalue weighted by atomic mass is 9.97.